The third kappa shape index (κ3) is 5.84. The summed E-state index contributed by atoms with van der Waals surface area (Å²) >= 11 is 5.97. The summed E-state index contributed by atoms with van der Waals surface area (Å²) in [6.07, 6.45) is 1.08. The lowest BCUT2D eigenvalue weighted by molar-refractivity contribution is -0.136. The van der Waals surface area contributed by atoms with Crippen LogP contribution in [-0.2, 0) is 20.7 Å². The second-order valence-corrected chi connectivity index (χ2v) is 6.07. The van der Waals surface area contributed by atoms with Gasteiger partial charge in [0.25, 0.3) is 0 Å². The van der Waals surface area contributed by atoms with E-state index in [1.54, 1.807) is 9.80 Å². The fraction of sp³-hybridized carbons (Fsp3) is 0.529. The fourth-order valence-corrected chi connectivity index (χ4v) is 2.80. The van der Waals surface area contributed by atoms with Crippen LogP contribution in [0.4, 0.5) is 0 Å². The molecule has 1 heterocycles. The molecule has 0 unspecified atom stereocenters. The molecule has 0 radical (unpaired) electrons. The first kappa shape index (κ1) is 17.8. The van der Waals surface area contributed by atoms with Gasteiger partial charge in [-0.1, -0.05) is 23.7 Å². The minimum absolute atomic E-state index is 0.0122. The van der Waals surface area contributed by atoms with E-state index in [1.807, 2.05) is 24.3 Å². The van der Waals surface area contributed by atoms with Crippen LogP contribution in [0.15, 0.2) is 24.3 Å². The highest BCUT2D eigenvalue weighted by atomic mass is 35.5. The third-order valence-corrected chi connectivity index (χ3v) is 4.20. The van der Waals surface area contributed by atoms with Gasteiger partial charge in [-0.05, 0) is 24.1 Å². The standard InChI is InChI=1S/C17H23ClN2O3/c1-14(21)19(7-5-15-3-2-4-16(18)13-15)8-6-17(22)20-9-11-23-12-10-20/h2-4,13H,5-12H2,1H3. The van der Waals surface area contributed by atoms with Crippen molar-refractivity contribution in [3.8, 4) is 0 Å². The van der Waals surface area contributed by atoms with E-state index in [0.29, 0.717) is 50.8 Å². The average molecular weight is 339 g/mol. The number of nitrogens with zero attached hydrogens (tertiary/aromatic N) is 2. The fourth-order valence-electron chi connectivity index (χ4n) is 2.58. The van der Waals surface area contributed by atoms with Gasteiger partial charge >= 0.3 is 0 Å². The van der Waals surface area contributed by atoms with Crippen LogP contribution in [0.1, 0.15) is 18.9 Å². The summed E-state index contributed by atoms with van der Waals surface area (Å²) in [5, 5.41) is 0.694. The molecule has 1 aliphatic heterocycles. The lowest BCUT2D eigenvalue weighted by atomic mass is 10.1. The number of rotatable bonds is 6. The second-order valence-electron chi connectivity index (χ2n) is 5.63. The molecule has 0 spiro atoms. The van der Waals surface area contributed by atoms with Gasteiger partial charge in [0.2, 0.25) is 11.8 Å². The highest BCUT2D eigenvalue weighted by Gasteiger charge is 2.18. The Morgan fingerprint density at radius 2 is 2.00 bits per heavy atom. The molecule has 0 bridgehead atoms. The Kier molecular flexibility index (Phi) is 6.86. The Balaban J connectivity index is 1.81. The number of hydrogen-bond donors (Lipinski definition) is 0. The van der Waals surface area contributed by atoms with Gasteiger partial charge in [-0.2, -0.15) is 0 Å². The van der Waals surface area contributed by atoms with Crippen molar-refractivity contribution in [1.82, 2.24) is 9.80 Å². The van der Waals surface area contributed by atoms with Gasteiger partial charge in [0.1, 0.15) is 0 Å². The zero-order valence-electron chi connectivity index (χ0n) is 13.5. The van der Waals surface area contributed by atoms with E-state index in [4.69, 9.17) is 16.3 Å². The molecule has 2 rings (SSSR count). The lowest BCUT2D eigenvalue weighted by Gasteiger charge is -2.28. The Hall–Kier alpha value is -1.59. The van der Waals surface area contributed by atoms with Crippen molar-refractivity contribution < 1.29 is 14.3 Å². The van der Waals surface area contributed by atoms with Gasteiger partial charge in [0.15, 0.2) is 0 Å². The molecule has 126 valence electrons. The van der Waals surface area contributed by atoms with E-state index < -0.39 is 0 Å². The molecular formula is C17H23ClN2O3. The zero-order valence-corrected chi connectivity index (χ0v) is 14.2. The summed E-state index contributed by atoms with van der Waals surface area (Å²) in [5.41, 5.74) is 1.09. The van der Waals surface area contributed by atoms with E-state index in [2.05, 4.69) is 0 Å². The molecule has 0 aromatic heterocycles. The Bertz CT molecular complexity index is 544. The van der Waals surface area contributed by atoms with Crippen molar-refractivity contribution in [3.63, 3.8) is 0 Å². The van der Waals surface area contributed by atoms with Crippen molar-refractivity contribution in [2.75, 3.05) is 39.4 Å². The quantitative estimate of drug-likeness (QED) is 0.797. The topological polar surface area (TPSA) is 49.9 Å². The number of benzene rings is 1. The van der Waals surface area contributed by atoms with Crippen molar-refractivity contribution in [1.29, 1.82) is 0 Å². The number of halogens is 1. The zero-order chi connectivity index (χ0) is 16.7. The number of carbonyl (C=O) groups is 2. The van der Waals surface area contributed by atoms with Gasteiger partial charge in [0.05, 0.1) is 13.2 Å². The van der Waals surface area contributed by atoms with E-state index in [0.717, 1.165) is 12.0 Å². The molecule has 1 fully saturated rings. The van der Waals surface area contributed by atoms with Crippen molar-refractivity contribution in [3.05, 3.63) is 34.9 Å². The first-order chi connectivity index (χ1) is 11.1. The molecule has 5 nitrogen and oxygen atoms in total. The summed E-state index contributed by atoms with van der Waals surface area (Å²) in [5.74, 6) is 0.0733. The van der Waals surface area contributed by atoms with Crippen LogP contribution in [0, 0.1) is 0 Å². The maximum Gasteiger partial charge on any atom is 0.224 e. The molecule has 2 amide bonds. The minimum atomic E-state index is -0.0122. The van der Waals surface area contributed by atoms with Crippen molar-refractivity contribution in [2.45, 2.75) is 19.8 Å². The van der Waals surface area contributed by atoms with Gasteiger partial charge in [-0.3, -0.25) is 9.59 Å². The van der Waals surface area contributed by atoms with Crippen LogP contribution in [0.2, 0.25) is 5.02 Å². The third-order valence-electron chi connectivity index (χ3n) is 3.96. The smallest absolute Gasteiger partial charge is 0.224 e. The van der Waals surface area contributed by atoms with E-state index in [9.17, 15) is 9.59 Å². The van der Waals surface area contributed by atoms with Crippen LogP contribution < -0.4 is 0 Å². The Labute approximate surface area is 142 Å². The monoisotopic (exact) mass is 338 g/mol. The van der Waals surface area contributed by atoms with Crippen LogP contribution in [0.5, 0.6) is 0 Å². The molecule has 0 saturated carbocycles. The van der Waals surface area contributed by atoms with Crippen molar-refractivity contribution >= 4 is 23.4 Å². The largest absolute Gasteiger partial charge is 0.378 e. The van der Waals surface area contributed by atoms with E-state index >= 15 is 0 Å². The maximum atomic E-state index is 12.2. The summed E-state index contributed by atoms with van der Waals surface area (Å²) in [6.45, 7) is 5.05. The highest BCUT2D eigenvalue weighted by molar-refractivity contribution is 6.30. The molecule has 6 heteroatoms. The van der Waals surface area contributed by atoms with Gasteiger partial charge in [0, 0.05) is 44.5 Å². The number of hydrogen-bond acceptors (Lipinski definition) is 3. The highest BCUT2D eigenvalue weighted by Crippen LogP contribution is 2.12. The van der Waals surface area contributed by atoms with Gasteiger partial charge < -0.3 is 14.5 Å². The molecule has 0 atom stereocenters. The summed E-state index contributed by atoms with van der Waals surface area (Å²) in [4.78, 5) is 27.5. The first-order valence-electron chi connectivity index (χ1n) is 7.92. The molecule has 1 aromatic carbocycles. The predicted molar refractivity (Wildman–Crippen MR) is 89.4 cm³/mol. The lowest BCUT2D eigenvalue weighted by Crippen LogP contribution is -2.42. The number of morpholine rings is 1. The van der Waals surface area contributed by atoms with Crippen LogP contribution >= 0.6 is 11.6 Å². The summed E-state index contributed by atoms with van der Waals surface area (Å²) in [6, 6.07) is 7.62. The molecule has 0 aliphatic carbocycles. The molecule has 1 saturated heterocycles. The maximum absolute atomic E-state index is 12.2. The Morgan fingerprint density at radius 1 is 1.26 bits per heavy atom. The van der Waals surface area contributed by atoms with Crippen LogP contribution in [0.25, 0.3) is 0 Å². The van der Waals surface area contributed by atoms with Crippen LogP contribution in [-0.4, -0.2) is 61.0 Å². The number of carbonyl (C=O) groups excluding carboxylic acids is 2. The predicted octanol–water partition coefficient (Wildman–Crippen LogP) is 1.98. The second kappa shape index (κ2) is 8.89. The summed E-state index contributed by atoms with van der Waals surface area (Å²) < 4.78 is 5.24. The summed E-state index contributed by atoms with van der Waals surface area (Å²) in [7, 11) is 0. The number of amides is 2. The van der Waals surface area contributed by atoms with E-state index in [1.165, 1.54) is 6.92 Å². The van der Waals surface area contributed by atoms with E-state index in [-0.39, 0.29) is 11.8 Å². The van der Waals surface area contributed by atoms with Crippen molar-refractivity contribution in [2.24, 2.45) is 0 Å². The van der Waals surface area contributed by atoms with Crippen LogP contribution in [0.3, 0.4) is 0 Å². The molecule has 1 aliphatic rings. The molecule has 23 heavy (non-hydrogen) atoms. The SMILES string of the molecule is CC(=O)N(CCC(=O)N1CCOCC1)CCc1cccc(Cl)c1. The van der Waals surface area contributed by atoms with Gasteiger partial charge in [-0.15, -0.1) is 0 Å². The minimum Gasteiger partial charge on any atom is -0.378 e. The molecular weight excluding hydrogens is 316 g/mol. The normalized spacial score (nSPS) is 14.6. The molecule has 1 aromatic rings. The average Bonchev–Trinajstić information content (AvgIpc) is 2.55. The Morgan fingerprint density at radius 3 is 2.65 bits per heavy atom. The van der Waals surface area contributed by atoms with Gasteiger partial charge in [-0.25, -0.2) is 0 Å². The molecule has 0 N–H and O–H groups in total. The first-order valence-corrected chi connectivity index (χ1v) is 8.29. The number of ether oxygens (including phenoxy) is 1.